The van der Waals surface area contributed by atoms with E-state index < -0.39 is 9.05 Å². The topological polar surface area (TPSA) is 57.9 Å². The summed E-state index contributed by atoms with van der Waals surface area (Å²) in [7, 11) is 1.43. The summed E-state index contributed by atoms with van der Waals surface area (Å²) in [5, 5.41) is 9.13. The van der Waals surface area contributed by atoms with Crippen molar-refractivity contribution in [2.45, 2.75) is 10.2 Å². The van der Waals surface area contributed by atoms with E-state index in [-0.39, 0.29) is 15.8 Å². The maximum absolute atomic E-state index is 11.2. The Morgan fingerprint density at radius 2 is 2.07 bits per heavy atom. The van der Waals surface area contributed by atoms with E-state index in [0.29, 0.717) is 10.0 Å². The van der Waals surface area contributed by atoms with Crippen LogP contribution in [0.5, 0.6) is 0 Å². The fraction of sp³-hybridized carbons (Fsp3) is 0.125. The van der Waals surface area contributed by atoms with Crippen molar-refractivity contribution in [3.63, 3.8) is 0 Å². The van der Waals surface area contributed by atoms with E-state index in [2.05, 4.69) is 31.9 Å². The van der Waals surface area contributed by atoms with Gasteiger partial charge >= 0.3 is 0 Å². The van der Waals surface area contributed by atoms with Crippen molar-refractivity contribution < 1.29 is 8.42 Å². The SMILES string of the molecule is N#Cc1c(Br)ccc(S(=O)(=O)Cl)c1CBr. The molecule has 0 aliphatic rings. The molecule has 0 saturated heterocycles. The molecule has 1 rings (SSSR count). The van der Waals surface area contributed by atoms with Gasteiger partial charge in [0.2, 0.25) is 0 Å². The van der Waals surface area contributed by atoms with Gasteiger partial charge in [0.15, 0.2) is 0 Å². The summed E-state index contributed by atoms with van der Waals surface area (Å²) in [6.07, 6.45) is 0. The minimum Gasteiger partial charge on any atom is -0.207 e. The minimum absolute atomic E-state index is 0.0409. The van der Waals surface area contributed by atoms with E-state index in [4.69, 9.17) is 15.9 Å². The van der Waals surface area contributed by atoms with Crippen LogP contribution in [-0.4, -0.2) is 8.42 Å². The Balaban J connectivity index is 3.66. The van der Waals surface area contributed by atoms with Crippen LogP contribution in [0.3, 0.4) is 0 Å². The Labute approximate surface area is 109 Å². The summed E-state index contributed by atoms with van der Waals surface area (Å²) in [5.41, 5.74) is 0.635. The molecular weight excluding hydrogens is 369 g/mol. The van der Waals surface area contributed by atoms with Crippen LogP contribution in [0.15, 0.2) is 21.5 Å². The van der Waals surface area contributed by atoms with Crippen molar-refractivity contribution in [3.05, 3.63) is 27.7 Å². The summed E-state index contributed by atoms with van der Waals surface area (Å²) in [5.74, 6) is 0. The monoisotopic (exact) mass is 371 g/mol. The van der Waals surface area contributed by atoms with Crippen LogP contribution in [-0.2, 0) is 14.4 Å². The molecule has 0 atom stereocenters. The molecule has 3 nitrogen and oxygen atoms in total. The highest BCUT2D eigenvalue weighted by molar-refractivity contribution is 9.10. The molecule has 0 saturated carbocycles. The molecule has 0 aromatic heterocycles. The smallest absolute Gasteiger partial charge is 0.207 e. The van der Waals surface area contributed by atoms with Gasteiger partial charge in [-0.1, -0.05) is 15.9 Å². The third-order valence-corrected chi connectivity index (χ3v) is 4.36. The molecule has 0 amide bonds. The lowest BCUT2D eigenvalue weighted by Crippen LogP contribution is -1.99. The van der Waals surface area contributed by atoms with E-state index in [1.54, 1.807) is 0 Å². The van der Waals surface area contributed by atoms with E-state index in [9.17, 15) is 8.42 Å². The predicted octanol–water partition coefficient (Wildman–Crippen LogP) is 3.14. The van der Waals surface area contributed by atoms with E-state index in [1.165, 1.54) is 12.1 Å². The highest BCUT2D eigenvalue weighted by Crippen LogP contribution is 2.29. The number of hydrogen-bond donors (Lipinski definition) is 0. The molecule has 1 aromatic rings. The maximum atomic E-state index is 11.2. The molecule has 0 heterocycles. The highest BCUT2D eigenvalue weighted by atomic mass is 79.9. The largest absolute Gasteiger partial charge is 0.261 e. The van der Waals surface area contributed by atoms with Gasteiger partial charge in [-0.3, -0.25) is 0 Å². The molecule has 80 valence electrons. The molecule has 1 aromatic carbocycles. The Bertz CT molecular complexity index is 536. The summed E-state index contributed by atoms with van der Waals surface area (Å²) in [4.78, 5) is -0.0409. The van der Waals surface area contributed by atoms with Crippen LogP contribution in [0, 0.1) is 11.3 Å². The first-order valence-electron chi connectivity index (χ1n) is 3.64. The van der Waals surface area contributed by atoms with Crippen molar-refractivity contribution >= 4 is 51.6 Å². The number of halogens is 3. The van der Waals surface area contributed by atoms with Crippen LogP contribution in [0.25, 0.3) is 0 Å². The Kier molecular flexibility index (Phi) is 4.18. The summed E-state index contributed by atoms with van der Waals surface area (Å²) in [6.45, 7) is 0. The highest BCUT2D eigenvalue weighted by Gasteiger charge is 2.19. The zero-order chi connectivity index (χ0) is 11.6. The van der Waals surface area contributed by atoms with Gasteiger partial charge in [0, 0.05) is 26.0 Å². The van der Waals surface area contributed by atoms with Gasteiger partial charge in [0.05, 0.1) is 10.5 Å². The minimum atomic E-state index is -3.82. The quantitative estimate of drug-likeness (QED) is 0.591. The van der Waals surface area contributed by atoms with E-state index >= 15 is 0 Å². The molecule has 0 unspecified atom stereocenters. The van der Waals surface area contributed by atoms with Gasteiger partial charge in [-0.25, -0.2) is 8.42 Å². The van der Waals surface area contributed by atoms with Crippen molar-refractivity contribution in [2.75, 3.05) is 0 Å². The van der Waals surface area contributed by atoms with Gasteiger partial charge in [0.25, 0.3) is 9.05 Å². The fourth-order valence-corrected chi connectivity index (χ4v) is 3.44. The van der Waals surface area contributed by atoms with Crippen LogP contribution >= 0.6 is 42.5 Å². The molecule has 0 spiro atoms. The normalized spacial score (nSPS) is 11.1. The van der Waals surface area contributed by atoms with Crippen molar-refractivity contribution in [3.8, 4) is 6.07 Å². The van der Waals surface area contributed by atoms with Gasteiger partial charge in [-0.2, -0.15) is 5.26 Å². The first-order chi connectivity index (χ1) is 6.91. The van der Waals surface area contributed by atoms with Crippen LogP contribution < -0.4 is 0 Å². The molecule has 15 heavy (non-hydrogen) atoms. The third kappa shape index (κ3) is 2.72. The summed E-state index contributed by atoms with van der Waals surface area (Å²) < 4.78 is 23.0. The number of nitriles is 1. The second-order valence-corrected chi connectivity index (χ2v) is 6.53. The number of benzene rings is 1. The average molecular weight is 373 g/mol. The van der Waals surface area contributed by atoms with Crippen molar-refractivity contribution in [2.24, 2.45) is 0 Å². The first-order valence-corrected chi connectivity index (χ1v) is 7.86. The Hall–Kier alpha value is -0.0900. The van der Waals surface area contributed by atoms with Gasteiger partial charge in [0.1, 0.15) is 6.07 Å². The molecule has 0 fully saturated rings. The molecule has 0 radical (unpaired) electrons. The first kappa shape index (κ1) is 13.0. The van der Waals surface area contributed by atoms with Gasteiger partial charge in [-0.15, -0.1) is 0 Å². The Morgan fingerprint density at radius 3 is 2.47 bits per heavy atom. The van der Waals surface area contributed by atoms with Crippen LogP contribution in [0.1, 0.15) is 11.1 Å². The molecule has 0 aliphatic carbocycles. The maximum Gasteiger partial charge on any atom is 0.261 e. The van der Waals surface area contributed by atoms with Crippen molar-refractivity contribution in [1.82, 2.24) is 0 Å². The zero-order valence-corrected chi connectivity index (χ0v) is 11.9. The Morgan fingerprint density at radius 1 is 1.47 bits per heavy atom. The van der Waals surface area contributed by atoms with Gasteiger partial charge < -0.3 is 0 Å². The standard InChI is InChI=1S/C8H4Br2ClNO2S/c9-3-5-6(4-12)7(10)1-2-8(5)15(11,13)14/h1-2H,3H2. The molecule has 0 aliphatic heterocycles. The van der Waals surface area contributed by atoms with E-state index in [0.717, 1.165) is 0 Å². The lowest BCUT2D eigenvalue weighted by atomic mass is 10.1. The van der Waals surface area contributed by atoms with E-state index in [1.807, 2.05) is 6.07 Å². The van der Waals surface area contributed by atoms with Gasteiger partial charge in [-0.05, 0) is 28.1 Å². The fourth-order valence-electron chi connectivity index (χ4n) is 1.08. The van der Waals surface area contributed by atoms with Crippen molar-refractivity contribution in [1.29, 1.82) is 5.26 Å². The number of nitrogens with zero attached hydrogens (tertiary/aromatic N) is 1. The third-order valence-electron chi connectivity index (χ3n) is 1.73. The predicted molar refractivity (Wildman–Crippen MR) is 64.5 cm³/mol. The zero-order valence-electron chi connectivity index (χ0n) is 7.17. The molecule has 0 bridgehead atoms. The molecule has 7 heteroatoms. The molecular formula is C8H4Br2ClNO2S. The summed E-state index contributed by atoms with van der Waals surface area (Å²) in [6, 6.07) is 4.78. The second kappa shape index (κ2) is 4.83. The van der Waals surface area contributed by atoms with Crippen LogP contribution in [0.4, 0.5) is 0 Å². The number of alkyl halides is 1. The second-order valence-electron chi connectivity index (χ2n) is 2.58. The number of hydrogen-bond acceptors (Lipinski definition) is 3. The average Bonchev–Trinajstić information content (AvgIpc) is 2.15. The summed E-state index contributed by atoms with van der Waals surface area (Å²) >= 11 is 6.30. The molecule has 0 N–H and O–H groups in total. The number of rotatable bonds is 2. The lowest BCUT2D eigenvalue weighted by molar-refractivity contribution is 0.609. The van der Waals surface area contributed by atoms with Crippen LogP contribution in [0.2, 0.25) is 0 Å². The lowest BCUT2D eigenvalue weighted by Gasteiger charge is -2.07.